The van der Waals surface area contributed by atoms with E-state index in [1.165, 1.54) is 24.2 Å². The number of thiophene rings is 1. The summed E-state index contributed by atoms with van der Waals surface area (Å²) < 4.78 is 0.772. The standard InChI is InChI=1S/C15H24ClN3OS/c1-18(12-4-3-8-17-9-7-12)11-15(20)19(2)10-13-5-6-14(16)21-13/h5-6,12,17H,3-4,7-11H2,1-2H3. The van der Waals surface area contributed by atoms with Gasteiger partial charge in [-0.05, 0) is 51.5 Å². The maximum Gasteiger partial charge on any atom is 0.236 e. The number of nitrogens with one attached hydrogen (secondary N) is 1. The molecule has 4 nitrogen and oxygen atoms in total. The van der Waals surface area contributed by atoms with E-state index in [-0.39, 0.29) is 5.91 Å². The van der Waals surface area contributed by atoms with Crippen molar-refractivity contribution in [2.24, 2.45) is 0 Å². The molecule has 1 unspecified atom stereocenters. The van der Waals surface area contributed by atoms with Gasteiger partial charge in [-0.15, -0.1) is 11.3 Å². The molecule has 1 aromatic rings. The van der Waals surface area contributed by atoms with Crippen molar-refractivity contribution in [2.75, 3.05) is 33.7 Å². The summed E-state index contributed by atoms with van der Waals surface area (Å²) in [5.74, 6) is 0.166. The second-order valence-electron chi connectivity index (χ2n) is 5.71. The lowest BCUT2D eigenvalue weighted by Gasteiger charge is -2.28. The van der Waals surface area contributed by atoms with Crippen molar-refractivity contribution >= 4 is 28.8 Å². The lowest BCUT2D eigenvalue weighted by Crippen LogP contribution is -2.41. The normalized spacial score (nSPS) is 19.5. The first-order valence-corrected chi connectivity index (χ1v) is 8.65. The molecule has 0 aliphatic carbocycles. The summed E-state index contributed by atoms with van der Waals surface area (Å²) in [6, 6.07) is 4.37. The van der Waals surface area contributed by atoms with Gasteiger partial charge in [-0.25, -0.2) is 0 Å². The van der Waals surface area contributed by atoms with E-state index in [1.807, 2.05) is 19.2 Å². The second kappa shape index (κ2) is 8.13. The van der Waals surface area contributed by atoms with Crippen molar-refractivity contribution in [1.29, 1.82) is 0 Å². The number of hydrogen-bond acceptors (Lipinski definition) is 4. The molecule has 0 spiro atoms. The van der Waals surface area contributed by atoms with Gasteiger partial charge < -0.3 is 10.2 Å². The minimum absolute atomic E-state index is 0.166. The third kappa shape index (κ3) is 5.25. The molecule has 0 saturated carbocycles. The average Bonchev–Trinajstić information content (AvgIpc) is 2.70. The maximum absolute atomic E-state index is 12.3. The van der Waals surface area contributed by atoms with E-state index in [9.17, 15) is 4.79 Å². The Hall–Kier alpha value is -0.620. The number of carbonyl (C=O) groups is 1. The van der Waals surface area contributed by atoms with Crippen LogP contribution in [0, 0.1) is 0 Å². The molecule has 0 radical (unpaired) electrons. The van der Waals surface area contributed by atoms with Crippen LogP contribution in [-0.2, 0) is 11.3 Å². The van der Waals surface area contributed by atoms with E-state index in [0.717, 1.165) is 28.7 Å². The van der Waals surface area contributed by atoms with Gasteiger partial charge >= 0.3 is 0 Å². The lowest BCUT2D eigenvalue weighted by atomic mass is 10.1. The topological polar surface area (TPSA) is 35.6 Å². The van der Waals surface area contributed by atoms with Crippen LogP contribution in [0.2, 0.25) is 4.34 Å². The average molecular weight is 330 g/mol. The second-order valence-corrected chi connectivity index (χ2v) is 7.51. The molecule has 0 aromatic carbocycles. The van der Waals surface area contributed by atoms with Gasteiger partial charge in [-0.3, -0.25) is 9.69 Å². The van der Waals surface area contributed by atoms with Crippen molar-refractivity contribution in [1.82, 2.24) is 15.1 Å². The lowest BCUT2D eigenvalue weighted by molar-refractivity contribution is -0.131. The minimum Gasteiger partial charge on any atom is -0.340 e. The van der Waals surface area contributed by atoms with E-state index in [0.29, 0.717) is 19.1 Å². The third-order valence-corrected chi connectivity index (χ3v) is 5.22. The highest BCUT2D eigenvalue weighted by Crippen LogP contribution is 2.22. The van der Waals surface area contributed by atoms with Gasteiger partial charge in [0.05, 0.1) is 17.4 Å². The minimum atomic E-state index is 0.166. The molecular weight excluding hydrogens is 306 g/mol. The molecule has 1 atom stereocenters. The van der Waals surface area contributed by atoms with E-state index < -0.39 is 0 Å². The van der Waals surface area contributed by atoms with Crippen LogP contribution >= 0.6 is 22.9 Å². The van der Waals surface area contributed by atoms with Crippen molar-refractivity contribution in [3.05, 3.63) is 21.3 Å². The van der Waals surface area contributed by atoms with Gasteiger partial charge in [-0.2, -0.15) is 0 Å². The van der Waals surface area contributed by atoms with E-state index in [2.05, 4.69) is 17.3 Å². The van der Waals surface area contributed by atoms with Crippen LogP contribution in [0.25, 0.3) is 0 Å². The van der Waals surface area contributed by atoms with Crippen molar-refractivity contribution in [3.8, 4) is 0 Å². The molecule has 21 heavy (non-hydrogen) atoms. The van der Waals surface area contributed by atoms with Crippen LogP contribution in [0.15, 0.2) is 12.1 Å². The van der Waals surface area contributed by atoms with Crippen molar-refractivity contribution < 1.29 is 4.79 Å². The number of halogens is 1. The largest absolute Gasteiger partial charge is 0.340 e. The predicted molar refractivity (Wildman–Crippen MR) is 88.9 cm³/mol. The zero-order chi connectivity index (χ0) is 15.2. The Morgan fingerprint density at radius 1 is 1.38 bits per heavy atom. The third-order valence-electron chi connectivity index (χ3n) is 4.00. The van der Waals surface area contributed by atoms with Crippen LogP contribution in [0.3, 0.4) is 0 Å². The van der Waals surface area contributed by atoms with Gasteiger partial charge in [-0.1, -0.05) is 11.6 Å². The molecule has 6 heteroatoms. The Morgan fingerprint density at radius 2 is 2.19 bits per heavy atom. The Kier molecular flexibility index (Phi) is 6.48. The molecule has 2 rings (SSSR count). The van der Waals surface area contributed by atoms with Gasteiger partial charge in [0.2, 0.25) is 5.91 Å². The first-order chi connectivity index (χ1) is 10.1. The number of hydrogen-bond donors (Lipinski definition) is 1. The van der Waals surface area contributed by atoms with Gasteiger partial charge in [0.1, 0.15) is 0 Å². The summed E-state index contributed by atoms with van der Waals surface area (Å²) >= 11 is 7.46. The van der Waals surface area contributed by atoms with Crippen LogP contribution in [0.4, 0.5) is 0 Å². The molecule has 118 valence electrons. The van der Waals surface area contributed by atoms with E-state index >= 15 is 0 Å². The highest BCUT2D eigenvalue weighted by molar-refractivity contribution is 7.16. The summed E-state index contributed by atoms with van der Waals surface area (Å²) in [7, 11) is 3.92. The number of rotatable bonds is 5. The molecule has 1 fully saturated rings. The fourth-order valence-corrected chi connectivity index (χ4v) is 3.80. The Bertz CT molecular complexity index is 458. The predicted octanol–water partition coefficient (Wildman–Crippen LogP) is 2.43. The molecular formula is C15H24ClN3OS. The van der Waals surface area contributed by atoms with Gasteiger partial charge in [0.25, 0.3) is 0 Å². The van der Waals surface area contributed by atoms with Crippen molar-refractivity contribution in [3.63, 3.8) is 0 Å². The Balaban J connectivity index is 1.81. The molecule has 1 aliphatic heterocycles. The molecule has 2 heterocycles. The molecule has 0 bridgehead atoms. The Labute approximate surface area is 136 Å². The molecule has 1 aliphatic rings. The summed E-state index contributed by atoms with van der Waals surface area (Å²) in [5, 5.41) is 3.41. The summed E-state index contributed by atoms with van der Waals surface area (Å²) in [6.07, 6.45) is 3.47. The van der Waals surface area contributed by atoms with E-state index in [1.54, 1.807) is 4.90 Å². The van der Waals surface area contributed by atoms with E-state index in [4.69, 9.17) is 11.6 Å². The number of nitrogens with zero attached hydrogens (tertiary/aromatic N) is 2. The smallest absolute Gasteiger partial charge is 0.236 e. The summed E-state index contributed by atoms with van der Waals surface area (Å²) in [6.45, 7) is 3.26. The zero-order valence-corrected chi connectivity index (χ0v) is 14.3. The SMILES string of the molecule is CN(Cc1ccc(Cl)s1)C(=O)CN(C)C1CCCNCC1. The zero-order valence-electron chi connectivity index (χ0n) is 12.8. The Morgan fingerprint density at radius 3 is 2.90 bits per heavy atom. The van der Waals surface area contributed by atoms with Crippen LogP contribution in [0.5, 0.6) is 0 Å². The molecule has 1 saturated heterocycles. The fraction of sp³-hybridized carbons (Fsp3) is 0.667. The van der Waals surface area contributed by atoms with Crippen LogP contribution < -0.4 is 5.32 Å². The highest BCUT2D eigenvalue weighted by Gasteiger charge is 2.20. The van der Waals surface area contributed by atoms with Crippen LogP contribution in [-0.4, -0.2) is 55.5 Å². The molecule has 1 N–H and O–H groups in total. The summed E-state index contributed by atoms with van der Waals surface area (Å²) in [4.78, 5) is 17.4. The quantitative estimate of drug-likeness (QED) is 0.901. The van der Waals surface area contributed by atoms with Gasteiger partial charge in [0, 0.05) is 18.0 Å². The number of carbonyl (C=O) groups excluding carboxylic acids is 1. The van der Waals surface area contributed by atoms with Crippen LogP contribution in [0.1, 0.15) is 24.1 Å². The maximum atomic E-state index is 12.3. The number of amides is 1. The number of likely N-dealkylation sites (N-methyl/N-ethyl adjacent to an activating group) is 2. The first kappa shape index (κ1) is 16.7. The van der Waals surface area contributed by atoms with Gasteiger partial charge in [0.15, 0.2) is 0 Å². The highest BCUT2D eigenvalue weighted by atomic mass is 35.5. The summed E-state index contributed by atoms with van der Waals surface area (Å²) in [5.41, 5.74) is 0. The molecule has 1 amide bonds. The fourth-order valence-electron chi connectivity index (χ4n) is 2.66. The molecule has 1 aromatic heterocycles. The van der Waals surface area contributed by atoms with Crippen molar-refractivity contribution in [2.45, 2.75) is 31.8 Å². The first-order valence-electron chi connectivity index (χ1n) is 7.45. The monoisotopic (exact) mass is 329 g/mol.